The number of anilines is 1. The molecule has 0 atom stereocenters. The SMILES string of the molecule is Cn1cncc1CNc1cccc2[nH]ncc12. The summed E-state index contributed by atoms with van der Waals surface area (Å²) < 4.78 is 2.00. The third kappa shape index (κ3) is 1.75. The summed E-state index contributed by atoms with van der Waals surface area (Å²) in [6.07, 6.45) is 5.50. The molecule has 0 aliphatic carbocycles. The van der Waals surface area contributed by atoms with Crippen molar-refractivity contribution in [3.8, 4) is 0 Å². The zero-order chi connectivity index (χ0) is 11.7. The van der Waals surface area contributed by atoms with E-state index in [9.17, 15) is 0 Å². The number of aryl methyl sites for hydroxylation is 1. The number of fused-ring (bicyclic) bond motifs is 1. The Hall–Kier alpha value is -2.30. The summed E-state index contributed by atoms with van der Waals surface area (Å²) in [4.78, 5) is 4.09. The Morgan fingerprint density at radius 3 is 3.12 bits per heavy atom. The molecule has 5 nitrogen and oxygen atoms in total. The van der Waals surface area contributed by atoms with Crippen molar-refractivity contribution in [1.29, 1.82) is 0 Å². The van der Waals surface area contributed by atoms with E-state index >= 15 is 0 Å². The second-order valence-corrected chi connectivity index (χ2v) is 3.99. The molecule has 0 unspecified atom stereocenters. The third-order valence-corrected chi connectivity index (χ3v) is 2.86. The highest BCUT2D eigenvalue weighted by molar-refractivity contribution is 5.90. The molecule has 0 saturated carbocycles. The van der Waals surface area contributed by atoms with Gasteiger partial charge in [0, 0.05) is 24.3 Å². The first-order chi connectivity index (χ1) is 8.34. The van der Waals surface area contributed by atoms with Gasteiger partial charge in [-0.2, -0.15) is 5.10 Å². The molecule has 0 radical (unpaired) electrons. The molecule has 1 aromatic carbocycles. The lowest BCUT2D eigenvalue weighted by Gasteiger charge is -2.07. The number of aromatic amines is 1. The van der Waals surface area contributed by atoms with Crippen molar-refractivity contribution in [2.45, 2.75) is 6.54 Å². The number of aromatic nitrogens is 4. The Morgan fingerprint density at radius 2 is 2.29 bits per heavy atom. The molecule has 2 heterocycles. The molecule has 0 amide bonds. The van der Waals surface area contributed by atoms with Gasteiger partial charge in [-0.3, -0.25) is 5.10 Å². The van der Waals surface area contributed by atoms with Gasteiger partial charge in [0.1, 0.15) is 0 Å². The van der Waals surface area contributed by atoms with E-state index in [1.807, 2.05) is 42.2 Å². The fourth-order valence-electron chi connectivity index (χ4n) is 1.86. The van der Waals surface area contributed by atoms with Gasteiger partial charge in [0.2, 0.25) is 0 Å². The molecule has 0 fully saturated rings. The topological polar surface area (TPSA) is 58.5 Å². The summed E-state index contributed by atoms with van der Waals surface area (Å²) in [5.41, 5.74) is 3.27. The number of imidazole rings is 1. The zero-order valence-corrected chi connectivity index (χ0v) is 9.51. The van der Waals surface area contributed by atoms with Crippen molar-refractivity contribution < 1.29 is 0 Å². The van der Waals surface area contributed by atoms with E-state index in [-0.39, 0.29) is 0 Å². The lowest BCUT2D eigenvalue weighted by atomic mass is 10.2. The van der Waals surface area contributed by atoms with Gasteiger partial charge >= 0.3 is 0 Å². The smallest absolute Gasteiger partial charge is 0.0946 e. The number of nitrogens with zero attached hydrogens (tertiary/aromatic N) is 3. The zero-order valence-electron chi connectivity index (χ0n) is 9.51. The molecule has 3 aromatic rings. The fourth-order valence-corrected chi connectivity index (χ4v) is 1.86. The Labute approximate surface area is 98.5 Å². The maximum Gasteiger partial charge on any atom is 0.0946 e. The largest absolute Gasteiger partial charge is 0.379 e. The predicted molar refractivity (Wildman–Crippen MR) is 66.6 cm³/mol. The molecule has 3 rings (SSSR count). The summed E-state index contributed by atoms with van der Waals surface area (Å²) in [6.45, 7) is 0.751. The highest BCUT2D eigenvalue weighted by atomic mass is 15.1. The van der Waals surface area contributed by atoms with Crippen molar-refractivity contribution in [3.05, 3.63) is 42.6 Å². The summed E-state index contributed by atoms with van der Waals surface area (Å²) in [7, 11) is 1.99. The predicted octanol–water partition coefficient (Wildman–Crippen LogP) is 1.91. The minimum atomic E-state index is 0.751. The number of hydrogen-bond donors (Lipinski definition) is 2. The van der Waals surface area contributed by atoms with Crippen molar-refractivity contribution in [2.24, 2.45) is 7.05 Å². The fraction of sp³-hybridized carbons (Fsp3) is 0.167. The van der Waals surface area contributed by atoms with Crippen LogP contribution < -0.4 is 5.32 Å². The Balaban J connectivity index is 1.86. The summed E-state index contributed by atoms with van der Waals surface area (Å²) >= 11 is 0. The third-order valence-electron chi connectivity index (χ3n) is 2.86. The first-order valence-corrected chi connectivity index (χ1v) is 5.46. The van der Waals surface area contributed by atoms with Crippen molar-refractivity contribution in [1.82, 2.24) is 19.7 Å². The van der Waals surface area contributed by atoms with Crippen LogP contribution in [0, 0.1) is 0 Å². The normalized spacial score (nSPS) is 10.9. The molecule has 5 heteroatoms. The van der Waals surface area contributed by atoms with E-state index in [1.165, 1.54) is 0 Å². The van der Waals surface area contributed by atoms with Crippen molar-refractivity contribution in [2.75, 3.05) is 5.32 Å². The van der Waals surface area contributed by atoms with Crippen LogP contribution in [0.4, 0.5) is 5.69 Å². The first-order valence-electron chi connectivity index (χ1n) is 5.46. The second kappa shape index (κ2) is 3.93. The van der Waals surface area contributed by atoms with Crippen LogP contribution in [-0.2, 0) is 13.6 Å². The molecule has 2 aromatic heterocycles. The van der Waals surface area contributed by atoms with Gasteiger partial charge in [-0.15, -0.1) is 0 Å². The van der Waals surface area contributed by atoms with Crippen LogP contribution in [0.2, 0.25) is 0 Å². The minimum absolute atomic E-state index is 0.751. The van der Waals surface area contributed by atoms with E-state index < -0.39 is 0 Å². The summed E-state index contributed by atoms with van der Waals surface area (Å²) in [6, 6.07) is 6.07. The van der Waals surface area contributed by atoms with Gasteiger partial charge in [0.05, 0.1) is 30.3 Å². The summed E-state index contributed by atoms with van der Waals surface area (Å²) in [5.74, 6) is 0. The maximum absolute atomic E-state index is 4.09. The van der Waals surface area contributed by atoms with Crippen LogP contribution in [0.1, 0.15) is 5.69 Å². The van der Waals surface area contributed by atoms with Gasteiger partial charge in [-0.1, -0.05) is 6.07 Å². The van der Waals surface area contributed by atoms with Crippen LogP contribution in [-0.4, -0.2) is 19.7 Å². The molecular formula is C12H13N5. The lowest BCUT2D eigenvalue weighted by Crippen LogP contribution is -2.03. The quantitative estimate of drug-likeness (QED) is 0.718. The number of H-pyrrole nitrogens is 1. The van der Waals surface area contributed by atoms with Gasteiger partial charge in [-0.25, -0.2) is 4.98 Å². The van der Waals surface area contributed by atoms with Crippen LogP contribution in [0.3, 0.4) is 0 Å². The molecule has 86 valence electrons. The molecule has 2 N–H and O–H groups in total. The molecule has 17 heavy (non-hydrogen) atoms. The molecule has 0 bridgehead atoms. The number of nitrogens with one attached hydrogen (secondary N) is 2. The van der Waals surface area contributed by atoms with Crippen LogP contribution in [0.25, 0.3) is 10.9 Å². The van der Waals surface area contributed by atoms with E-state index in [0.717, 1.165) is 28.8 Å². The highest BCUT2D eigenvalue weighted by Crippen LogP contribution is 2.21. The maximum atomic E-state index is 4.09. The molecular weight excluding hydrogens is 214 g/mol. The molecule has 0 aliphatic heterocycles. The van der Waals surface area contributed by atoms with E-state index in [0.29, 0.717) is 0 Å². The molecule has 0 aliphatic rings. The van der Waals surface area contributed by atoms with Gasteiger partial charge in [0.25, 0.3) is 0 Å². The Bertz CT molecular complexity index is 637. The molecule has 0 spiro atoms. The van der Waals surface area contributed by atoms with Gasteiger partial charge in [0.15, 0.2) is 0 Å². The van der Waals surface area contributed by atoms with Gasteiger partial charge < -0.3 is 9.88 Å². The van der Waals surface area contributed by atoms with Crippen LogP contribution >= 0.6 is 0 Å². The Morgan fingerprint density at radius 1 is 1.35 bits per heavy atom. The Kier molecular flexibility index (Phi) is 2.29. The molecule has 0 saturated heterocycles. The van der Waals surface area contributed by atoms with Gasteiger partial charge in [-0.05, 0) is 12.1 Å². The highest BCUT2D eigenvalue weighted by Gasteiger charge is 2.03. The van der Waals surface area contributed by atoms with E-state index in [1.54, 1.807) is 6.33 Å². The number of benzene rings is 1. The lowest BCUT2D eigenvalue weighted by molar-refractivity contribution is 0.838. The minimum Gasteiger partial charge on any atom is -0.379 e. The second-order valence-electron chi connectivity index (χ2n) is 3.99. The van der Waals surface area contributed by atoms with E-state index in [2.05, 4.69) is 20.5 Å². The number of rotatable bonds is 3. The average Bonchev–Trinajstić information content (AvgIpc) is 2.95. The summed E-state index contributed by atoms with van der Waals surface area (Å²) in [5, 5.41) is 11.5. The average molecular weight is 227 g/mol. The van der Waals surface area contributed by atoms with Crippen LogP contribution in [0.5, 0.6) is 0 Å². The van der Waals surface area contributed by atoms with Crippen LogP contribution in [0.15, 0.2) is 36.9 Å². The monoisotopic (exact) mass is 227 g/mol. The first kappa shape index (κ1) is 9.89. The van der Waals surface area contributed by atoms with E-state index in [4.69, 9.17) is 0 Å². The standard InChI is InChI=1S/C12H13N5/c1-17-8-13-5-9(17)6-14-11-3-2-4-12-10(11)7-15-16-12/h2-5,7-8,14H,6H2,1H3,(H,15,16). The van der Waals surface area contributed by atoms with Crippen molar-refractivity contribution >= 4 is 16.6 Å². The number of hydrogen-bond acceptors (Lipinski definition) is 3. The van der Waals surface area contributed by atoms with Crippen molar-refractivity contribution in [3.63, 3.8) is 0 Å².